The maximum absolute atomic E-state index is 14.4. The number of unbranched alkanes of at least 4 members (excludes halogenated alkanes) is 10. The van der Waals surface area contributed by atoms with Crippen LogP contribution < -0.4 is 44.2 Å². The zero-order valence-corrected chi connectivity index (χ0v) is 47.4. The molecule has 12 N–H and O–H groups in total. The molecule has 8 saturated carbocycles. The van der Waals surface area contributed by atoms with Crippen LogP contribution in [0.3, 0.4) is 0 Å². The molecule has 8 aliphatic rings. The molecule has 0 unspecified atom stereocenters. The van der Waals surface area contributed by atoms with Gasteiger partial charge in [-0.05, 0) is 187 Å². The van der Waals surface area contributed by atoms with Gasteiger partial charge in [-0.2, -0.15) is 0 Å². The van der Waals surface area contributed by atoms with Crippen molar-refractivity contribution in [2.75, 3.05) is 63.0 Å². The third-order valence-corrected chi connectivity index (χ3v) is 18.7. The van der Waals surface area contributed by atoms with Crippen molar-refractivity contribution in [3.63, 3.8) is 0 Å². The van der Waals surface area contributed by atoms with Crippen LogP contribution in [-0.4, -0.2) is 110 Å². The number of hydrogen-bond donors (Lipinski definition) is 8. The number of nitrogens with two attached hydrogens (primary N) is 4. The SMILES string of the molecule is CCCCCCCCCCCC(=O)NCCNC(=O)c1cc(NC(=O)CN(C[C@@H](N)CCCCN)C(=O)CC23CC4CC(CC(C4)C2)C3)cc(NC(=O)CN(C[C@@H](N)CCCCN)C(=O)CC23CC4CC(CC(C4)C2)C3)c1. The van der Waals surface area contributed by atoms with E-state index in [2.05, 4.69) is 28.2 Å². The molecule has 0 heterocycles. The number of nitrogens with zero attached hydrogens (tertiary/aromatic N) is 2. The minimum atomic E-state index is -0.462. The lowest BCUT2D eigenvalue weighted by atomic mass is 9.49. The minimum absolute atomic E-state index is 0.0284. The first-order valence-corrected chi connectivity index (χ1v) is 30.9. The summed E-state index contributed by atoms with van der Waals surface area (Å²) in [6.45, 7) is 3.76. The maximum Gasteiger partial charge on any atom is 0.251 e. The normalized spacial score (nSPS) is 26.2. The molecule has 8 fully saturated rings. The van der Waals surface area contributed by atoms with E-state index in [4.69, 9.17) is 22.9 Å². The fourth-order valence-corrected chi connectivity index (χ4v) is 16.1. The van der Waals surface area contributed by atoms with E-state index in [9.17, 15) is 28.8 Å². The van der Waals surface area contributed by atoms with Crippen molar-refractivity contribution in [2.45, 2.75) is 212 Å². The van der Waals surface area contributed by atoms with Gasteiger partial charge in [0.15, 0.2) is 0 Å². The van der Waals surface area contributed by atoms with Gasteiger partial charge >= 0.3 is 0 Å². The molecule has 16 nitrogen and oxygen atoms in total. The van der Waals surface area contributed by atoms with Gasteiger partial charge in [-0.15, -0.1) is 0 Å². The van der Waals surface area contributed by atoms with Crippen LogP contribution in [0.2, 0.25) is 0 Å². The third-order valence-electron chi connectivity index (χ3n) is 18.7. The molecule has 16 heteroatoms. The second-order valence-electron chi connectivity index (χ2n) is 25.9. The van der Waals surface area contributed by atoms with E-state index in [1.54, 1.807) is 28.0 Å². The first kappa shape index (κ1) is 60.5. The molecule has 0 saturated heterocycles. The second kappa shape index (κ2) is 29.9. The average Bonchev–Trinajstić information content (AvgIpc) is 3.36. The number of carbonyl (C=O) groups excluding carboxylic acids is 6. The highest BCUT2D eigenvalue weighted by Gasteiger charge is 2.53. The second-order valence-corrected chi connectivity index (χ2v) is 25.9. The first-order chi connectivity index (χ1) is 37.1. The molecule has 0 spiro atoms. The Morgan fingerprint density at radius 1 is 0.519 bits per heavy atom. The fraction of sp³-hybridized carbons (Fsp3) is 0.803. The van der Waals surface area contributed by atoms with Gasteiger partial charge in [0.25, 0.3) is 5.91 Å². The summed E-state index contributed by atoms with van der Waals surface area (Å²) in [6, 6.07) is 4.03. The van der Waals surface area contributed by atoms with Gasteiger partial charge in [0, 0.05) is 74.5 Å². The van der Waals surface area contributed by atoms with Gasteiger partial charge in [-0.25, -0.2) is 0 Å². The van der Waals surface area contributed by atoms with E-state index in [1.165, 1.54) is 77.0 Å². The summed E-state index contributed by atoms with van der Waals surface area (Å²) in [6.07, 6.45) is 30.4. The molecule has 8 aliphatic carbocycles. The topological polar surface area (TPSA) is 261 Å². The van der Waals surface area contributed by atoms with E-state index in [1.807, 2.05) is 0 Å². The minimum Gasteiger partial charge on any atom is -0.354 e. The van der Waals surface area contributed by atoms with Gasteiger partial charge in [-0.1, -0.05) is 71.1 Å². The van der Waals surface area contributed by atoms with Crippen molar-refractivity contribution < 1.29 is 28.8 Å². The Labute approximate surface area is 462 Å². The van der Waals surface area contributed by atoms with Crippen molar-refractivity contribution in [1.29, 1.82) is 0 Å². The van der Waals surface area contributed by atoms with E-state index in [0.717, 1.165) is 83.5 Å². The Kier molecular flexibility index (Phi) is 23.5. The summed E-state index contributed by atoms with van der Waals surface area (Å²) in [5.74, 6) is 2.53. The molecule has 6 amide bonds. The summed E-state index contributed by atoms with van der Waals surface area (Å²) < 4.78 is 0. The zero-order valence-electron chi connectivity index (χ0n) is 47.4. The molecule has 9 rings (SSSR count). The molecule has 0 aliphatic heterocycles. The smallest absolute Gasteiger partial charge is 0.251 e. The van der Waals surface area contributed by atoms with Crippen LogP contribution in [0.25, 0.3) is 0 Å². The zero-order chi connectivity index (χ0) is 54.8. The lowest BCUT2D eigenvalue weighted by Gasteiger charge is -2.57. The molecule has 432 valence electrons. The molecule has 0 aromatic heterocycles. The van der Waals surface area contributed by atoms with Crippen molar-refractivity contribution in [1.82, 2.24) is 20.4 Å². The largest absolute Gasteiger partial charge is 0.354 e. The lowest BCUT2D eigenvalue weighted by molar-refractivity contribution is -0.142. The summed E-state index contributed by atoms with van der Waals surface area (Å²) in [7, 11) is 0. The molecular formula is C61H102N10O6. The van der Waals surface area contributed by atoms with E-state index in [-0.39, 0.29) is 96.8 Å². The molecule has 1 aromatic carbocycles. The van der Waals surface area contributed by atoms with Gasteiger partial charge in [0.2, 0.25) is 29.5 Å². The predicted molar refractivity (Wildman–Crippen MR) is 306 cm³/mol. The number of amides is 6. The monoisotopic (exact) mass is 1070 g/mol. The molecule has 2 atom stereocenters. The number of benzene rings is 1. The van der Waals surface area contributed by atoms with Gasteiger partial charge in [-0.3, -0.25) is 28.8 Å². The highest BCUT2D eigenvalue weighted by molar-refractivity contribution is 6.02. The van der Waals surface area contributed by atoms with Crippen LogP contribution in [0.15, 0.2) is 18.2 Å². The van der Waals surface area contributed by atoms with Crippen LogP contribution in [0, 0.1) is 46.3 Å². The van der Waals surface area contributed by atoms with Crippen molar-refractivity contribution in [2.24, 2.45) is 69.3 Å². The van der Waals surface area contributed by atoms with E-state index >= 15 is 0 Å². The Morgan fingerprint density at radius 3 is 1.31 bits per heavy atom. The Morgan fingerprint density at radius 2 is 0.909 bits per heavy atom. The third kappa shape index (κ3) is 19.0. The van der Waals surface area contributed by atoms with Gasteiger partial charge < -0.3 is 54.0 Å². The van der Waals surface area contributed by atoms with Gasteiger partial charge in [0.05, 0.1) is 13.1 Å². The van der Waals surface area contributed by atoms with Crippen molar-refractivity contribution >= 4 is 46.8 Å². The van der Waals surface area contributed by atoms with Crippen molar-refractivity contribution in [3.05, 3.63) is 23.8 Å². The molecule has 77 heavy (non-hydrogen) atoms. The van der Waals surface area contributed by atoms with Crippen LogP contribution in [0.5, 0.6) is 0 Å². The summed E-state index contributed by atoms with van der Waals surface area (Å²) in [4.78, 5) is 87.2. The highest BCUT2D eigenvalue weighted by atomic mass is 16.2. The van der Waals surface area contributed by atoms with Crippen molar-refractivity contribution in [3.8, 4) is 0 Å². The standard InChI is InChI=1S/C61H102N10O6/c1-2-3-4-5-6-7-8-9-10-17-54(72)66-20-21-67-59(77)49-28-52(68-55(73)41-70(39-50(64)15-11-13-18-62)57(75)37-60-31-43-22-44(32-60)24-45(23-43)33-60)30-53(29-49)69-56(74)42-71(40-51(65)16-12-14-19-63)58(76)38-61-34-46-25-47(35-61)27-48(26-46)36-61/h28-30,43-48,50-51H,2-27,31-42,62-65H2,1H3,(H,66,72)(H,67,77)(H,68,73)(H,69,74)/t43?,44?,45?,46?,47?,48?,50-,51-,60?,61?/m0/s1. The molecule has 1 aromatic rings. The Hall–Kier alpha value is -4.12. The fourth-order valence-electron chi connectivity index (χ4n) is 16.1. The predicted octanol–water partition coefficient (Wildman–Crippen LogP) is 8.11. The average molecular weight is 1070 g/mol. The number of nitrogens with one attached hydrogen (secondary N) is 4. The summed E-state index contributed by atoms with van der Waals surface area (Å²) in [5.41, 5.74) is 25.5. The van der Waals surface area contributed by atoms with E-state index < -0.39 is 17.7 Å². The first-order valence-electron chi connectivity index (χ1n) is 30.9. The van der Waals surface area contributed by atoms with Gasteiger partial charge in [0.1, 0.15) is 0 Å². The summed E-state index contributed by atoms with van der Waals surface area (Å²) in [5, 5.41) is 11.7. The maximum atomic E-state index is 14.4. The number of anilines is 2. The van der Waals surface area contributed by atoms with Crippen LogP contribution in [0.4, 0.5) is 11.4 Å². The summed E-state index contributed by atoms with van der Waals surface area (Å²) >= 11 is 0. The lowest BCUT2D eigenvalue weighted by Crippen LogP contribution is -2.50. The Bertz CT molecular complexity index is 1920. The number of carbonyl (C=O) groups is 6. The molecule has 8 bridgehead atoms. The molecule has 0 radical (unpaired) electrons. The number of hydrogen-bond acceptors (Lipinski definition) is 10. The Balaban J connectivity index is 1.02. The quantitative estimate of drug-likeness (QED) is 0.0299. The van der Waals surface area contributed by atoms with Crippen LogP contribution in [0.1, 0.15) is 210 Å². The van der Waals surface area contributed by atoms with Crippen LogP contribution >= 0.6 is 0 Å². The highest BCUT2D eigenvalue weighted by Crippen LogP contribution is 2.62. The molecular weight excluding hydrogens is 969 g/mol. The van der Waals surface area contributed by atoms with E-state index in [0.29, 0.717) is 80.7 Å². The van der Waals surface area contributed by atoms with Crippen LogP contribution in [-0.2, 0) is 24.0 Å². The number of rotatable bonds is 36.